The molecule has 1 aliphatic heterocycles. The van der Waals surface area contributed by atoms with E-state index in [0.717, 1.165) is 31.5 Å². The van der Waals surface area contributed by atoms with Crippen LogP contribution in [0.4, 0.5) is 0 Å². The predicted octanol–water partition coefficient (Wildman–Crippen LogP) is 2.91. The van der Waals surface area contributed by atoms with Crippen LogP contribution in [0.25, 0.3) is 0 Å². The summed E-state index contributed by atoms with van der Waals surface area (Å²) in [6.07, 6.45) is 4.87. The fourth-order valence-corrected chi connectivity index (χ4v) is 2.58. The van der Waals surface area contributed by atoms with E-state index in [2.05, 4.69) is 0 Å². The minimum Gasteiger partial charge on any atom is -0.484 e. The quantitative estimate of drug-likeness (QED) is 0.907. The van der Waals surface area contributed by atoms with Crippen molar-refractivity contribution in [3.05, 3.63) is 29.8 Å². The molecular weight excluding hydrogens is 266 g/mol. The van der Waals surface area contributed by atoms with Gasteiger partial charge in [-0.05, 0) is 37.0 Å². The molecular formula is C17H25NO3. The number of likely N-dealkylation sites (tertiary alicyclic amines) is 1. The predicted molar refractivity (Wildman–Crippen MR) is 82.2 cm³/mol. The maximum Gasteiger partial charge on any atom is 0.260 e. The molecule has 1 N–H and O–H groups in total. The molecule has 1 aliphatic rings. The highest BCUT2D eigenvalue weighted by atomic mass is 16.5. The minimum absolute atomic E-state index is 0.0644. The Labute approximate surface area is 126 Å². The van der Waals surface area contributed by atoms with Crippen molar-refractivity contribution in [1.82, 2.24) is 4.90 Å². The largest absolute Gasteiger partial charge is 0.484 e. The van der Waals surface area contributed by atoms with Crippen molar-refractivity contribution in [2.45, 2.75) is 45.1 Å². The summed E-state index contributed by atoms with van der Waals surface area (Å²) < 4.78 is 5.56. The number of rotatable bonds is 5. The molecule has 21 heavy (non-hydrogen) atoms. The van der Waals surface area contributed by atoms with Gasteiger partial charge >= 0.3 is 0 Å². The van der Waals surface area contributed by atoms with Crippen molar-refractivity contribution < 1.29 is 14.6 Å². The average Bonchev–Trinajstić information content (AvgIpc) is 2.81. The van der Waals surface area contributed by atoms with Gasteiger partial charge in [0.05, 0.1) is 6.10 Å². The number of amides is 1. The molecule has 0 spiro atoms. The molecule has 1 saturated heterocycles. The van der Waals surface area contributed by atoms with Gasteiger partial charge < -0.3 is 14.7 Å². The lowest BCUT2D eigenvalue weighted by Gasteiger charge is -2.20. The first-order valence-electron chi connectivity index (χ1n) is 7.89. The van der Waals surface area contributed by atoms with Gasteiger partial charge in [0.2, 0.25) is 0 Å². The van der Waals surface area contributed by atoms with Crippen LogP contribution < -0.4 is 4.74 Å². The third kappa shape index (κ3) is 4.74. The van der Waals surface area contributed by atoms with E-state index < -0.39 is 6.10 Å². The Kier molecular flexibility index (Phi) is 6.05. The number of hydrogen-bond acceptors (Lipinski definition) is 3. The van der Waals surface area contributed by atoms with E-state index in [-0.39, 0.29) is 12.5 Å². The number of carbonyl (C=O) groups excluding carboxylic acids is 1. The second kappa shape index (κ2) is 8.03. The molecule has 0 bridgehead atoms. The summed E-state index contributed by atoms with van der Waals surface area (Å²) in [5, 5.41) is 9.73. The normalized spacial score (nSPS) is 17.1. The fourth-order valence-electron chi connectivity index (χ4n) is 2.58. The minimum atomic E-state index is -0.433. The van der Waals surface area contributed by atoms with E-state index in [1.54, 1.807) is 0 Å². The van der Waals surface area contributed by atoms with Crippen molar-refractivity contribution in [2.24, 2.45) is 0 Å². The lowest BCUT2D eigenvalue weighted by molar-refractivity contribution is -0.133. The maximum atomic E-state index is 12.1. The number of aliphatic hydroxyl groups is 1. The van der Waals surface area contributed by atoms with Gasteiger partial charge in [-0.2, -0.15) is 0 Å². The Morgan fingerprint density at radius 1 is 1.19 bits per heavy atom. The molecule has 4 heteroatoms. The Hall–Kier alpha value is -1.55. The van der Waals surface area contributed by atoms with E-state index in [0.29, 0.717) is 12.2 Å². The summed E-state index contributed by atoms with van der Waals surface area (Å²) in [6.45, 7) is 3.73. The van der Waals surface area contributed by atoms with Crippen LogP contribution >= 0.6 is 0 Å². The number of nitrogens with zero attached hydrogens (tertiary/aromatic N) is 1. The van der Waals surface area contributed by atoms with Gasteiger partial charge in [-0.1, -0.05) is 31.9 Å². The molecule has 0 unspecified atom stereocenters. The molecule has 1 aromatic rings. The van der Waals surface area contributed by atoms with Crippen LogP contribution in [0.3, 0.4) is 0 Å². The summed E-state index contributed by atoms with van der Waals surface area (Å²) in [4.78, 5) is 14.0. The highest BCUT2D eigenvalue weighted by Crippen LogP contribution is 2.20. The molecule has 0 radical (unpaired) electrons. The third-order valence-electron chi connectivity index (χ3n) is 3.97. The van der Waals surface area contributed by atoms with Gasteiger partial charge in [-0.15, -0.1) is 0 Å². The summed E-state index contributed by atoms with van der Waals surface area (Å²) >= 11 is 0. The second-order valence-corrected chi connectivity index (χ2v) is 5.58. The van der Waals surface area contributed by atoms with E-state index in [1.807, 2.05) is 36.1 Å². The Balaban J connectivity index is 1.83. The molecule has 1 heterocycles. The molecule has 116 valence electrons. The first-order chi connectivity index (χ1) is 10.2. The van der Waals surface area contributed by atoms with E-state index in [1.165, 1.54) is 12.8 Å². The SMILES string of the molecule is CC[C@H](O)c1ccc(OCC(=O)N2CCCCCC2)cc1. The summed E-state index contributed by atoms with van der Waals surface area (Å²) in [5.74, 6) is 0.736. The van der Waals surface area contributed by atoms with Crippen LogP contribution in [-0.2, 0) is 4.79 Å². The number of aliphatic hydroxyl groups excluding tert-OH is 1. The molecule has 1 amide bonds. The monoisotopic (exact) mass is 291 g/mol. The standard InChI is InChI=1S/C17H25NO3/c1-2-16(19)14-7-9-15(10-8-14)21-13-17(20)18-11-5-3-4-6-12-18/h7-10,16,19H,2-6,11-13H2,1H3/t16-/m0/s1. The van der Waals surface area contributed by atoms with Gasteiger partial charge in [0, 0.05) is 13.1 Å². The Morgan fingerprint density at radius 3 is 2.38 bits per heavy atom. The van der Waals surface area contributed by atoms with Crippen LogP contribution in [-0.4, -0.2) is 35.6 Å². The Bertz CT molecular complexity index is 436. The van der Waals surface area contributed by atoms with Gasteiger partial charge in [-0.3, -0.25) is 4.79 Å². The molecule has 0 aromatic heterocycles. The zero-order valence-electron chi connectivity index (χ0n) is 12.8. The molecule has 1 atom stereocenters. The molecule has 2 rings (SSSR count). The molecule has 1 fully saturated rings. The molecule has 4 nitrogen and oxygen atoms in total. The fraction of sp³-hybridized carbons (Fsp3) is 0.588. The lowest BCUT2D eigenvalue weighted by atomic mass is 10.1. The summed E-state index contributed by atoms with van der Waals surface area (Å²) in [5.41, 5.74) is 0.878. The van der Waals surface area contributed by atoms with E-state index >= 15 is 0 Å². The topological polar surface area (TPSA) is 49.8 Å². The van der Waals surface area contributed by atoms with Crippen LogP contribution in [0.1, 0.15) is 50.7 Å². The maximum absolute atomic E-state index is 12.1. The summed E-state index contributed by atoms with van der Waals surface area (Å²) in [6, 6.07) is 7.31. The second-order valence-electron chi connectivity index (χ2n) is 5.58. The summed E-state index contributed by atoms with van der Waals surface area (Å²) in [7, 11) is 0. The van der Waals surface area contributed by atoms with Gasteiger partial charge in [0.1, 0.15) is 5.75 Å². The third-order valence-corrected chi connectivity index (χ3v) is 3.97. The van der Waals surface area contributed by atoms with Crippen LogP contribution in [0.15, 0.2) is 24.3 Å². The van der Waals surface area contributed by atoms with Gasteiger partial charge in [-0.25, -0.2) is 0 Å². The van der Waals surface area contributed by atoms with E-state index in [9.17, 15) is 9.90 Å². The van der Waals surface area contributed by atoms with Crippen LogP contribution in [0, 0.1) is 0 Å². The zero-order chi connectivity index (χ0) is 15.1. The lowest BCUT2D eigenvalue weighted by Crippen LogP contribution is -2.35. The van der Waals surface area contributed by atoms with Gasteiger partial charge in [0.25, 0.3) is 5.91 Å². The van der Waals surface area contributed by atoms with Crippen molar-refractivity contribution in [2.75, 3.05) is 19.7 Å². The van der Waals surface area contributed by atoms with Crippen LogP contribution in [0.5, 0.6) is 5.75 Å². The van der Waals surface area contributed by atoms with E-state index in [4.69, 9.17) is 4.74 Å². The van der Waals surface area contributed by atoms with Crippen molar-refractivity contribution in [3.8, 4) is 5.75 Å². The average molecular weight is 291 g/mol. The first-order valence-corrected chi connectivity index (χ1v) is 7.89. The number of hydrogen-bond donors (Lipinski definition) is 1. The Morgan fingerprint density at radius 2 is 1.81 bits per heavy atom. The number of ether oxygens (including phenoxy) is 1. The van der Waals surface area contributed by atoms with Crippen LogP contribution in [0.2, 0.25) is 0 Å². The smallest absolute Gasteiger partial charge is 0.260 e. The molecule has 0 saturated carbocycles. The van der Waals surface area contributed by atoms with Crippen molar-refractivity contribution in [1.29, 1.82) is 0 Å². The molecule has 0 aliphatic carbocycles. The van der Waals surface area contributed by atoms with Crippen molar-refractivity contribution in [3.63, 3.8) is 0 Å². The highest BCUT2D eigenvalue weighted by molar-refractivity contribution is 5.77. The number of carbonyl (C=O) groups is 1. The zero-order valence-corrected chi connectivity index (χ0v) is 12.8. The number of benzene rings is 1. The van der Waals surface area contributed by atoms with Gasteiger partial charge in [0.15, 0.2) is 6.61 Å². The first kappa shape index (κ1) is 15.8. The highest BCUT2D eigenvalue weighted by Gasteiger charge is 2.15. The van der Waals surface area contributed by atoms with Crippen molar-refractivity contribution >= 4 is 5.91 Å². The molecule has 1 aromatic carbocycles.